The third kappa shape index (κ3) is 27.7. The Hall–Kier alpha value is -13.3. The molecule has 14 atom stereocenters. The highest BCUT2D eigenvalue weighted by Gasteiger charge is 2.49. The number of hydrogen-bond acceptors (Lipinski definition) is 23. The number of aliphatic hydroxyl groups excluding tert-OH is 3. The first-order valence-corrected chi connectivity index (χ1v) is 45.1. The van der Waals surface area contributed by atoms with Crippen LogP contribution in [0.25, 0.3) is 32.6 Å². The van der Waals surface area contributed by atoms with Gasteiger partial charge in [0.15, 0.2) is 5.96 Å². The second-order valence-corrected chi connectivity index (χ2v) is 36.1. The highest BCUT2D eigenvalue weighted by atomic mass is 32.2. The molecule has 43 nitrogen and oxygen atoms in total. The van der Waals surface area contributed by atoms with Gasteiger partial charge >= 0.3 is 17.9 Å². The molecule has 44 heteroatoms. The maximum absolute atomic E-state index is 14.9. The molecule has 0 aliphatic carbocycles. The van der Waals surface area contributed by atoms with Gasteiger partial charge in [-0.2, -0.15) is 11.8 Å². The number of β-amino-alcohol motifs (C(OH)–C–C–N with tert-alkyl or cyclic N) is 1. The van der Waals surface area contributed by atoms with E-state index in [4.69, 9.17) is 16.9 Å². The SMILES string of the molecule is CSCC[C@H](NC(=O)C(C)(C)NC(=O)[C@@H](CC(=O)O)NC(=O)[C@H](Cc1cccc2ccccc12)NC(=O)[C@@H]1CCCN1C(=O)C(C)(C)N)C(=O)N[C@@H](CCCCNC(=N)N)C(=O)N[C@@H](CC(=O)O)C(=O)N[C@@H](Cc1c[nH]c2ccccc12)C(=O)N[C@@H](CO)C(=O)N[C@H](C(=O)N1CCC[C@H]1C(=O)N1C[C@H](O)C[C@H]1C(=O)N[C@@H](Cc1c[nH]c2ccccc12)C(=O)NC(C)(C)C(=O)O)[C@@H](C)O. The molecule has 2 aromatic heterocycles. The van der Waals surface area contributed by atoms with Gasteiger partial charge in [-0.3, -0.25) is 82.1 Å². The van der Waals surface area contributed by atoms with Crippen LogP contribution in [0.15, 0.2) is 103 Å². The molecule has 9 rings (SSSR count). The van der Waals surface area contributed by atoms with Crippen molar-refractivity contribution >= 4 is 151 Å². The lowest BCUT2D eigenvalue weighted by Crippen LogP contribution is -2.63. The number of H-pyrrole nitrogens is 2. The Kier molecular flexibility index (Phi) is 35.9. The van der Waals surface area contributed by atoms with E-state index >= 15 is 0 Å². The standard InChI is InChI=1S/C89H120N20O23S/c1-46(111)70(82(128)107-33-19-30-66(107)81(127)109-44-51(112)39-67(109)80(126)101-61(77(123)106-89(6,7)85(131)132)38-50-43-95-56-27-14-12-25-54(50)56)104-76(122)64(45-110)102-74(120)60(37-49-42-94-55-26-13-11-24-53(49)55)97-75(121)62(40-68(113)114)98-71(117)57(28-15-16-32-93-86(90)91)96-72(118)58(31-35-133-8)103-83(129)88(4,5)105-78(124)63(41-69(115)116)99-73(119)59(36-48-22-17-21-47-20-9-10-23-52(47)48)100-79(125)65-29-18-34-108(65)84(130)87(2,3)92/h9-14,17,20-27,42-43,46,51,57-67,70,94-95,110-112H,15-16,18-19,28-41,44-45,92H2,1-8H3,(H,96,118)(H,97,121)(H,98,117)(H,99,119)(H,100,125)(H,101,126)(H,102,120)(H,103,129)(H,104,122)(H,105,124)(H,106,123)(H,113,114)(H,115,116)(H,131,132)(H4,90,91,93)/t46-,51-,57+,58+,59+,60+,61+,62+,63-,64+,65+,66+,67+,70+/m1/s1. The third-order valence-corrected chi connectivity index (χ3v) is 24.1. The fourth-order valence-electron chi connectivity index (χ4n) is 16.2. The van der Waals surface area contributed by atoms with Crippen LogP contribution in [-0.2, 0) is 101 Å². The Labute approximate surface area is 769 Å². The molecule has 0 radical (unpaired) electrons. The molecule has 0 unspecified atom stereocenters. The number of nitrogens with two attached hydrogens (primary N) is 2. The highest BCUT2D eigenvalue weighted by Crippen LogP contribution is 2.30. The summed E-state index contributed by atoms with van der Waals surface area (Å²) in [6.45, 7) is 7.46. The maximum atomic E-state index is 14.9. The van der Waals surface area contributed by atoms with Crippen LogP contribution in [-0.4, -0.2) is 308 Å². The second kappa shape index (κ2) is 46.2. The minimum absolute atomic E-state index is 0.0253. The monoisotopic (exact) mass is 1870 g/mol. The van der Waals surface area contributed by atoms with Gasteiger partial charge in [0.05, 0.1) is 37.2 Å². The number of aliphatic carboxylic acids is 3. The number of aromatic nitrogens is 2. The van der Waals surface area contributed by atoms with Gasteiger partial charge < -0.3 is 131 Å². The van der Waals surface area contributed by atoms with Gasteiger partial charge in [-0.15, -0.1) is 0 Å². The van der Waals surface area contributed by atoms with E-state index in [1.165, 1.54) is 64.4 Å². The summed E-state index contributed by atoms with van der Waals surface area (Å²) in [6, 6.07) is 6.31. The summed E-state index contributed by atoms with van der Waals surface area (Å²) >= 11 is 1.23. The number of carboxylic acids is 3. The number of aromatic amines is 2. The van der Waals surface area contributed by atoms with Crippen LogP contribution in [0.1, 0.15) is 136 Å². The zero-order chi connectivity index (χ0) is 97.7. The summed E-state index contributed by atoms with van der Waals surface area (Å²) in [5, 5.41) is 104. The molecular formula is C89H120N20O23S. The number of amides is 14. The lowest BCUT2D eigenvalue weighted by atomic mass is 9.97. The molecule has 3 aliphatic rings. The number of carbonyl (C=O) groups excluding carboxylic acids is 14. The number of thioether (sulfide) groups is 1. The minimum atomic E-state index is -2.10. The number of rotatable bonds is 46. The first-order valence-electron chi connectivity index (χ1n) is 43.7. The van der Waals surface area contributed by atoms with Crippen molar-refractivity contribution in [3.63, 3.8) is 0 Å². The van der Waals surface area contributed by atoms with Crippen LogP contribution < -0.4 is 75.3 Å². The fraction of sp³-hybridized carbons (Fsp3) is 0.506. The number of nitrogens with zero attached hydrogens (tertiary/aromatic N) is 3. The summed E-state index contributed by atoms with van der Waals surface area (Å²) in [7, 11) is 0. The molecule has 133 heavy (non-hydrogen) atoms. The molecule has 720 valence electrons. The molecule has 0 spiro atoms. The number of benzene rings is 4. The highest BCUT2D eigenvalue weighted by molar-refractivity contribution is 7.98. The molecule has 6 aromatic rings. The summed E-state index contributed by atoms with van der Waals surface area (Å²) in [6.07, 6.45) is -1.11. The van der Waals surface area contributed by atoms with E-state index in [9.17, 15) is 112 Å². The van der Waals surface area contributed by atoms with Crippen molar-refractivity contribution < 1.29 is 112 Å². The van der Waals surface area contributed by atoms with Crippen molar-refractivity contribution in [1.82, 2.24) is 88.5 Å². The van der Waals surface area contributed by atoms with Crippen LogP contribution in [0, 0.1) is 5.41 Å². The van der Waals surface area contributed by atoms with Gasteiger partial charge in [0.2, 0.25) is 82.7 Å². The number of hydrogen-bond donors (Lipinski definition) is 23. The van der Waals surface area contributed by atoms with E-state index in [1.54, 1.807) is 91.3 Å². The van der Waals surface area contributed by atoms with Crippen LogP contribution in [0.2, 0.25) is 0 Å². The number of para-hydroxylation sites is 2. The van der Waals surface area contributed by atoms with Crippen molar-refractivity contribution in [2.45, 2.75) is 240 Å². The Morgan fingerprint density at radius 2 is 0.977 bits per heavy atom. The number of likely N-dealkylation sites (tertiary alicyclic amines) is 3. The molecule has 0 saturated carbocycles. The van der Waals surface area contributed by atoms with E-state index in [1.807, 2.05) is 12.1 Å². The molecule has 4 aromatic carbocycles. The van der Waals surface area contributed by atoms with E-state index in [-0.39, 0.29) is 89.6 Å². The number of nitrogens with one attached hydrogen (secondary N) is 15. The smallest absolute Gasteiger partial charge is 0.328 e. The molecule has 14 amide bonds. The second-order valence-electron chi connectivity index (χ2n) is 35.1. The summed E-state index contributed by atoms with van der Waals surface area (Å²) in [5.41, 5.74) is 9.17. The van der Waals surface area contributed by atoms with Gasteiger partial charge in [-0.05, 0) is 151 Å². The summed E-state index contributed by atoms with van der Waals surface area (Å²) in [4.78, 5) is 250. The van der Waals surface area contributed by atoms with Crippen molar-refractivity contribution in [3.8, 4) is 0 Å². The summed E-state index contributed by atoms with van der Waals surface area (Å²) < 4.78 is 0. The Balaban J connectivity index is 0.893. The average molecular weight is 1870 g/mol. The molecule has 3 saturated heterocycles. The lowest BCUT2D eigenvalue weighted by molar-refractivity contribution is -0.149. The van der Waals surface area contributed by atoms with E-state index < -0.39 is 240 Å². The largest absolute Gasteiger partial charge is 0.481 e. The normalized spacial score (nSPS) is 17.9. The van der Waals surface area contributed by atoms with Crippen LogP contribution in [0.4, 0.5) is 0 Å². The zero-order valence-electron chi connectivity index (χ0n) is 75.1. The van der Waals surface area contributed by atoms with Crippen molar-refractivity contribution in [2.24, 2.45) is 11.5 Å². The fourth-order valence-corrected chi connectivity index (χ4v) is 16.7. The number of unbranched alkanes of at least 4 members (excludes halogenated alkanes) is 1. The quantitative estimate of drug-likeness (QED) is 0.0107. The lowest BCUT2D eigenvalue weighted by Gasteiger charge is -2.34. The minimum Gasteiger partial charge on any atom is -0.481 e. The Morgan fingerprint density at radius 3 is 1.53 bits per heavy atom. The average Bonchev–Trinajstić information content (AvgIpc) is 1.66. The Morgan fingerprint density at radius 1 is 0.519 bits per heavy atom. The van der Waals surface area contributed by atoms with Gasteiger partial charge in [-0.1, -0.05) is 78.9 Å². The van der Waals surface area contributed by atoms with Crippen molar-refractivity contribution in [1.29, 1.82) is 5.41 Å². The molecule has 3 aliphatic heterocycles. The topological polar surface area (TPSA) is 673 Å². The van der Waals surface area contributed by atoms with Gasteiger partial charge in [0.25, 0.3) is 0 Å². The van der Waals surface area contributed by atoms with Crippen molar-refractivity contribution in [2.75, 3.05) is 44.8 Å². The predicted molar refractivity (Wildman–Crippen MR) is 485 cm³/mol. The number of aliphatic hydroxyl groups is 3. The number of carboxylic acid groups (broad SMARTS) is 3. The molecule has 3 fully saturated rings. The molecule has 25 N–H and O–H groups in total. The molecule has 0 bridgehead atoms. The third-order valence-electron chi connectivity index (χ3n) is 23.4. The van der Waals surface area contributed by atoms with Gasteiger partial charge in [0.1, 0.15) is 83.6 Å². The van der Waals surface area contributed by atoms with Crippen molar-refractivity contribution in [3.05, 3.63) is 120 Å². The van der Waals surface area contributed by atoms with Gasteiger partial charge in [-0.25, -0.2) is 4.79 Å². The van der Waals surface area contributed by atoms with Crippen LogP contribution >= 0.6 is 11.8 Å². The van der Waals surface area contributed by atoms with Gasteiger partial charge in [0, 0.05) is 86.1 Å². The number of guanidine groups is 1. The van der Waals surface area contributed by atoms with E-state index in [2.05, 4.69) is 73.8 Å². The van der Waals surface area contributed by atoms with Crippen LogP contribution in [0.5, 0.6) is 0 Å². The summed E-state index contributed by atoms with van der Waals surface area (Å²) in [5.74, 6) is -19.2. The first kappa shape index (κ1) is 103. The first-order chi connectivity index (χ1) is 62.8. The molecular weight excluding hydrogens is 1750 g/mol. The number of carbonyl (C=O) groups is 17. The number of fused-ring (bicyclic) bond motifs is 3. The maximum Gasteiger partial charge on any atom is 0.328 e. The molecule has 5 heterocycles. The van der Waals surface area contributed by atoms with E-state index in [0.717, 1.165) is 22.1 Å². The predicted octanol–water partition coefficient (Wildman–Crippen LogP) is -2.52. The van der Waals surface area contributed by atoms with E-state index in [0.29, 0.717) is 50.3 Å². The van der Waals surface area contributed by atoms with Crippen LogP contribution in [0.3, 0.4) is 0 Å². The zero-order valence-corrected chi connectivity index (χ0v) is 75.9. The Bertz CT molecular complexity index is 5320.